The fourth-order valence-corrected chi connectivity index (χ4v) is 1.54. The van der Waals surface area contributed by atoms with Crippen molar-refractivity contribution >= 4 is 27.6 Å². The first-order chi connectivity index (χ1) is 8.69. The molecule has 1 rings (SSSR count). The average molecular weight is 342 g/mol. The highest BCUT2D eigenvalue weighted by atomic mass is 79.9. The van der Waals surface area contributed by atoms with E-state index in [1.165, 1.54) is 19.1 Å². The molecule has 0 aromatic heterocycles. The molecule has 1 aromatic carbocycles. The fourth-order valence-electron chi connectivity index (χ4n) is 1.20. The van der Waals surface area contributed by atoms with E-state index in [9.17, 15) is 18.0 Å². The van der Waals surface area contributed by atoms with E-state index >= 15 is 0 Å². The fraction of sp³-hybridized carbons (Fsp3) is 0.364. The van der Waals surface area contributed by atoms with Gasteiger partial charge in [-0.3, -0.25) is 4.79 Å². The number of hydrogen-bond donors (Lipinski definition) is 2. The maximum Gasteiger partial charge on any atom is 0.573 e. The summed E-state index contributed by atoms with van der Waals surface area (Å²) >= 11 is 3.04. The van der Waals surface area contributed by atoms with Gasteiger partial charge in [-0.25, -0.2) is 0 Å². The zero-order valence-corrected chi connectivity index (χ0v) is 11.4. The van der Waals surface area contributed by atoms with Gasteiger partial charge in [0.2, 0.25) is 0 Å². The first-order valence-electron chi connectivity index (χ1n) is 5.21. The number of rotatable bonds is 5. The standard InChI is InChI=1S/C11H11BrF3NO3/c1-6(10(17)18)5-16-8-3-2-7(12)4-9(8)19-11(13,14)15/h2-4,6,16H,5H2,1H3,(H,17,18). The molecular formula is C11H11BrF3NO3. The number of anilines is 1. The van der Waals surface area contributed by atoms with Crippen LogP contribution in [0.5, 0.6) is 5.75 Å². The summed E-state index contributed by atoms with van der Waals surface area (Å²) < 4.78 is 40.9. The number of carboxylic acid groups (broad SMARTS) is 1. The van der Waals surface area contributed by atoms with Crippen molar-refractivity contribution < 1.29 is 27.8 Å². The molecule has 0 fully saturated rings. The van der Waals surface area contributed by atoms with Crippen LogP contribution < -0.4 is 10.1 Å². The van der Waals surface area contributed by atoms with Gasteiger partial charge in [0.05, 0.1) is 11.6 Å². The Bertz CT molecular complexity index is 465. The van der Waals surface area contributed by atoms with Gasteiger partial charge in [0.15, 0.2) is 5.75 Å². The quantitative estimate of drug-likeness (QED) is 0.860. The van der Waals surface area contributed by atoms with Gasteiger partial charge in [0.1, 0.15) is 0 Å². The van der Waals surface area contributed by atoms with Gasteiger partial charge in [-0.15, -0.1) is 13.2 Å². The highest BCUT2D eigenvalue weighted by Crippen LogP contribution is 2.33. The molecule has 0 aliphatic rings. The lowest BCUT2D eigenvalue weighted by atomic mass is 10.2. The highest BCUT2D eigenvalue weighted by Gasteiger charge is 2.32. The van der Waals surface area contributed by atoms with Gasteiger partial charge in [-0.1, -0.05) is 22.9 Å². The Kier molecular flexibility index (Phi) is 5.04. The highest BCUT2D eigenvalue weighted by molar-refractivity contribution is 9.10. The van der Waals surface area contributed by atoms with Crippen LogP contribution in [0.15, 0.2) is 22.7 Å². The third-order valence-corrected chi connectivity index (χ3v) is 2.68. The third kappa shape index (κ3) is 5.37. The van der Waals surface area contributed by atoms with Crippen LogP contribution in [0.4, 0.5) is 18.9 Å². The Labute approximate surface area is 115 Å². The van der Waals surface area contributed by atoms with Crippen molar-refractivity contribution in [3.8, 4) is 5.75 Å². The zero-order chi connectivity index (χ0) is 14.6. The number of carbonyl (C=O) groups is 1. The molecule has 106 valence electrons. The van der Waals surface area contributed by atoms with E-state index in [1.54, 1.807) is 0 Å². The Hall–Kier alpha value is -1.44. The number of alkyl halides is 3. The lowest BCUT2D eigenvalue weighted by molar-refractivity contribution is -0.274. The SMILES string of the molecule is CC(CNc1ccc(Br)cc1OC(F)(F)F)C(=O)O. The van der Waals surface area contributed by atoms with Crippen LogP contribution in [0.25, 0.3) is 0 Å². The topological polar surface area (TPSA) is 58.6 Å². The van der Waals surface area contributed by atoms with Crippen molar-refractivity contribution in [1.82, 2.24) is 0 Å². The normalized spacial score (nSPS) is 12.9. The summed E-state index contributed by atoms with van der Waals surface area (Å²) in [7, 11) is 0. The van der Waals surface area contributed by atoms with Crippen molar-refractivity contribution in [2.24, 2.45) is 5.92 Å². The smallest absolute Gasteiger partial charge is 0.481 e. The largest absolute Gasteiger partial charge is 0.573 e. The summed E-state index contributed by atoms with van der Waals surface area (Å²) in [5, 5.41) is 11.3. The molecule has 8 heteroatoms. The molecular weight excluding hydrogens is 331 g/mol. The van der Waals surface area contributed by atoms with Gasteiger partial charge in [0, 0.05) is 11.0 Å². The molecule has 1 aromatic rings. The van der Waals surface area contributed by atoms with E-state index in [2.05, 4.69) is 26.0 Å². The molecule has 2 N–H and O–H groups in total. The first-order valence-corrected chi connectivity index (χ1v) is 6.00. The lowest BCUT2D eigenvalue weighted by Gasteiger charge is -2.16. The second-order valence-corrected chi connectivity index (χ2v) is 4.72. The summed E-state index contributed by atoms with van der Waals surface area (Å²) in [6.07, 6.45) is -4.81. The number of ether oxygens (including phenoxy) is 1. The Morgan fingerprint density at radius 1 is 1.53 bits per heavy atom. The van der Waals surface area contributed by atoms with Crippen LogP contribution in [0.3, 0.4) is 0 Å². The summed E-state index contributed by atoms with van der Waals surface area (Å²) in [4.78, 5) is 10.6. The summed E-state index contributed by atoms with van der Waals surface area (Å²) in [5.74, 6) is -2.19. The number of hydrogen-bond acceptors (Lipinski definition) is 3. The van der Waals surface area contributed by atoms with Crippen LogP contribution in [0.1, 0.15) is 6.92 Å². The van der Waals surface area contributed by atoms with Gasteiger partial charge in [0.25, 0.3) is 0 Å². The summed E-state index contributed by atoms with van der Waals surface area (Å²) in [5.41, 5.74) is 0.0774. The molecule has 0 aliphatic heterocycles. The number of aliphatic carboxylic acids is 1. The van der Waals surface area contributed by atoms with Gasteiger partial charge < -0.3 is 15.2 Å². The van der Waals surface area contributed by atoms with E-state index < -0.39 is 24.0 Å². The molecule has 0 amide bonds. The Morgan fingerprint density at radius 2 is 2.16 bits per heavy atom. The van der Waals surface area contributed by atoms with Crippen molar-refractivity contribution in [2.45, 2.75) is 13.3 Å². The van der Waals surface area contributed by atoms with Crippen LogP contribution in [0, 0.1) is 5.92 Å². The third-order valence-electron chi connectivity index (χ3n) is 2.19. The minimum Gasteiger partial charge on any atom is -0.481 e. The van der Waals surface area contributed by atoms with Gasteiger partial charge >= 0.3 is 12.3 Å². The average Bonchev–Trinajstić information content (AvgIpc) is 2.25. The number of nitrogens with one attached hydrogen (secondary N) is 1. The number of halogens is 4. The minimum absolute atomic E-state index is 0.00875. The Balaban J connectivity index is 2.85. The van der Waals surface area contributed by atoms with Crippen molar-refractivity contribution in [2.75, 3.05) is 11.9 Å². The minimum atomic E-state index is -4.81. The molecule has 0 spiro atoms. The summed E-state index contributed by atoms with van der Waals surface area (Å²) in [6.45, 7) is 1.43. The van der Waals surface area contributed by atoms with Crippen LogP contribution >= 0.6 is 15.9 Å². The molecule has 1 atom stereocenters. The van der Waals surface area contributed by atoms with Gasteiger partial charge in [-0.2, -0.15) is 0 Å². The van der Waals surface area contributed by atoms with E-state index in [1.807, 2.05) is 0 Å². The molecule has 0 aliphatic carbocycles. The predicted octanol–water partition coefficient (Wildman–Crippen LogP) is 3.48. The maximum atomic E-state index is 12.2. The monoisotopic (exact) mass is 341 g/mol. The number of carboxylic acids is 1. The lowest BCUT2D eigenvalue weighted by Crippen LogP contribution is -2.21. The Morgan fingerprint density at radius 3 is 2.68 bits per heavy atom. The van der Waals surface area contributed by atoms with E-state index in [4.69, 9.17) is 5.11 Å². The molecule has 1 unspecified atom stereocenters. The molecule has 0 bridgehead atoms. The van der Waals surface area contributed by atoms with E-state index in [0.29, 0.717) is 4.47 Å². The molecule has 0 radical (unpaired) electrons. The van der Waals surface area contributed by atoms with Crippen molar-refractivity contribution in [3.63, 3.8) is 0 Å². The molecule has 0 saturated carbocycles. The van der Waals surface area contributed by atoms with Gasteiger partial charge in [-0.05, 0) is 18.2 Å². The summed E-state index contributed by atoms with van der Waals surface area (Å²) in [6, 6.07) is 4.05. The van der Waals surface area contributed by atoms with E-state index in [0.717, 1.165) is 6.07 Å². The predicted molar refractivity (Wildman–Crippen MR) is 66.1 cm³/mol. The first kappa shape index (κ1) is 15.6. The molecule has 4 nitrogen and oxygen atoms in total. The second kappa shape index (κ2) is 6.14. The van der Waals surface area contributed by atoms with Crippen LogP contribution in [-0.4, -0.2) is 24.0 Å². The zero-order valence-electron chi connectivity index (χ0n) is 9.79. The second-order valence-electron chi connectivity index (χ2n) is 3.81. The number of benzene rings is 1. The van der Waals surface area contributed by atoms with E-state index in [-0.39, 0.29) is 12.2 Å². The van der Waals surface area contributed by atoms with Crippen molar-refractivity contribution in [3.05, 3.63) is 22.7 Å². The maximum absolute atomic E-state index is 12.2. The van der Waals surface area contributed by atoms with Crippen LogP contribution in [0.2, 0.25) is 0 Å². The van der Waals surface area contributed by atoms with Crippen LogP contribution in [-0.2, 0) is 4.79 Å². The molecule has 19 heavy (non-hydrogen) atoms. The molecule has 0 heterocycles. The molecule has 0 saturated heterocycles. The van der Waals surface area contributed by atoms with Crippen molar-refractivity contribution in [1.29, 1.82) is 0 Å².